The number of benzene rings is 2. The molecule has 0 aromatic heterocycles. The summed E-state index contributed by atoms with van der Waals surface area (Å²) < 4.78 is 41.3. The summed E-state index contributed by atoms with van der Waals surface area (Å²) in [6, 6.07) is 11.6. The maximum Gasteiger partial charge on any atom is 0.136 e. The van der Waals surface area contributed by atoms with Crippen LogP contribution < -0.4 is 4.72 Å². The Hall–Kier alpha value is -1.43. The molecule has 118 valence electrons. The summed E-state index contributed by atoms with van der Waals surface area (Å²) in [6.45, 7) is 5.59. The van der Waals surface area contributed by atoms with Gasteiger partial charge < -0.3 is 4.55 Å². The maximum absolute atomic E-state index is 13.1. The highest BCUT2D eigenvalue weighted by atomic mass is 32.2. The summed E-state index contributed by atoms with van der Waals surface area (Å²) in [5.74, 6) is -0.669. The van der Waals surface area contributed by atoms with Crippen LogP contribution in [0.5, 0.6) is 0 Å². The molecule has 0 aliphatic rings. The highest BCUT2D eigenvalue weighted by Gasteiger charge is 2.30. The lowest BCUT2D eigenvalue weighted by Gasteiger charge is -2.28. The fourth-order valence-corrected chi connectivity index (χ4v) is 2.76. The van der Waals surface area contributed by atoms with E-state index in [0.29, 0.717) is 0 Å². The van der Waals surface area contributed by atoms with Crippen molar-refractivity contribution in [3.8, 4) is 0 Å². The average Bonchev–Trinajstić information content (AvgIpc) is 2.46. The van der Waals surface area contributed by atoms with Gasteiger partial charge in [0.15, 0.2) is 0 Å². The van der Waals surface area contributed by atoms with Crippen molar-refractivity contribution >= 4 is 11.4 Å². The van der Waals surface area contributed by atoms with Crippen molar-refractivity contribution in [1.82, 2.24) is 4.72 Å². The van der Waals surface area contributed by atoms with Crippen LogP contribution in [0.1, 0.15) is 37.9 Å². The molecule has 1 N–H and O–H groups in total. The van der Waals surface area contributed by atoms with Gasteiger partial charge in [-0.2, -0.15) is 0 Å². The van der Waals surface area contributed by atoms with E-state index in [4.69, 9.17) is 0 Å². The molecule has 2 aromatic carbocycles. The Labute approximate surface area is 132 Å². The van der Waals surface area contributed by atoms with E-state index in [1.165, 1.54) is 24.3 Å². The average molecular weight is 323 g/mol. The van der Waals surface area contributed by atoms with Crippen LogP contribution in [0.25, 0.3) is 0 Å². The Morgan fingerprint density at radius 2 is 1.23 bits per heavy atom. The van der Waals surface area contributed by atoms with Gasteiger partial charge in [0.1, 0.15) is 22.4 Å². The summed E-state index contributed by atoms with van der Waals surface area (Å²) in [5.41, 5.74) is 1.54. The molecule has 0 saturated carbocycles. The Bertz CT molecular complexity index is 563. The fourth-order valence-electron chi connectivity index (χ4n) is 1.92. The predicted molar refractivity (Wildman–Crippen MR) is 85.7 cm³/mol. The van der Waals surface area contributed by atoms with Crippen molar-refractivity contribution in [2.24, 2.45) is 0 Å². The topological polar surface area (TPSA) is 35.1 Å². The summed E-state index contributed by atoms with van der Waals surface area (Å²) in [5, 5.41) is 0. The first-order chi connectivity index (χ1) is 10.3. The van der Waals surface area contributed by atoms with Crippen LogP contribution >= 0.6 is 0 Å². The number of rotatable bonds is 4. The normalized spacial score (nSPS) is 13.4. The minimum Gasteiger partial charge on any atom is -0.598 e. The van der Waals surface area contributed by atoms with Crippen molar-refractivity contribution < 1.29 is 13.3 Å². The molecule has 0 fully saturated rings. The van der Waals surface area contributed by atoms with Crippen LogP contribution in [-0.2, 0) is 11.4 Å². The highest BCUT2D eigenvalue weighted by molar-refractivity contribution is 7.90. The molecule has 0 radical (unpaired) electrons. The molecule has 5 heteroatoms. The van der Waals surface area contributed by atoms with Gasteiger partial charge in [-0.25, -0.2) is 8.78 Å². The third kappa shape index (κ3) is 4.29. The molecule has 2 nitrogen and oxygen atoms in total. The maximum atomic E-state index is 13.1. The van der Waals surface area contributed by atoms with Gasteiger partial charge in [-0.1, -0.05) is 24.3 Å². The minimum atomic E-state index is -1.32. The zero-order valence-electron chi connectivity index (χ0n) is 12.8. The lowest BCUT2D eigenvalue weighted by molar-refractivity contribution is 0.535. The molecule has 0 amide bonds. The first kappa shape index (κ1) is 16.9. The van der Waals surface area contributed by atoms with E-state index in [1.54, 1.807) is 24.3 Å². The molecule has 0 spiro atoms. The van der Waals surface area contributed by atoms with Gasteiger partial charge in [0.25, 0.3) is 0 Å². The molecule has 22 heavy (non-hydrogen) atoms. The first-order valence-electron chi connectivity index (χ1n) is 6.96. The standard InChI is InChI=1S/C17H19F2NOS/c1-17(2,3)22(21)20-16(12-4-8-14(18)9-5-12)13-6-10-15(19)11-7-13/h4-11,16,20H,1-3H3. The van der Waals surface area contributed by atoms with E-state index in [-0.39, 0.29) is 11.6 Å². The number of hydrogen-bond acceptors (Lipinski definition) is 2. The second-order valence-electron chi connectivity index (χ2n) is 6.04. The van der Waals surface area contributed by atoms with E-state index < -0.39 is 22.2 Å². The van der Waals surface area contributed by atoms with Crippen molar-refractivity contribution in [2.75, 3.05) is 0 Å². The van der Waals surface area contributed by atoms with E-state index in [0.717, 1.165) is 11.1 Å². The van der Waals surface area contributed by atoms with Crippen LogP contribution in [-0.4, -0.2) is 9.30 Å². The van der Waals surface area contributed by atoms with E-state index in [2.05, 4.69) is 4.72 Å². The smallest absolute Gasteiger partial charge is 0.136 e. The van der Waals surface area contributed by atoms with E-state index in [9.17, 15) is 13.3 Å². The summed E-state index contributed by atoms with van der Waals surface area (Å²) >= 11 is -1.32. The van der Waals surface area contributed by atoms with Crippen LogP contribution in [0.4, 0.5) is 8.78 Å². The van der Waals surface area contributed by atoms with Crippen LogP contribution in [0, 0.1) is 11.6 Å². The zero-order chi connectivity index (χ0) is 16.3. The Balaban J connectivity index is 2.36. The quantitative estimate of drug-likeness (QED) is 0.860. The molecule has 1 atom stereocenters. The van der Waals surface area contributed by atoms with Gasteiger partial charge in [0, 0.05) is 11.4 Å². The molecule has 0 heterocycles. The Kier molecular flexibility index (Phi) is 5.21. The van der Waals surface area contributed by atoms with Gasteiger partial charge in [0.05, 0.1) is 0 Å². The monoisotopic (exact) mass is 323 g/mol. The minimum absolute atomic E-state index is 0.335. The van der Waals surface area contributed by atoms with Gasteiger partial charge >= 0.3 is 0 Å². The van der Waals surface area contributed by atoms with Gasteiger partial charge in [-0.15, -0.1) is 4.72 Å². The molecule has 0 aliphatic carbocycles. The predicted octanol–water partition coefficient (Wildman–Crippen LogP) is 4.11. The largest absolute Gasteiger partial charge is 0.598 e. The zero-order valence-corrected chi connectivity index (χ0v) is 13.6. The van der Waals surface area contributed by atoms with Gasteiger partial charge in [0.2, 0.25) is 0 Å². The molecule has 0 aliphatic heterocycles. The van der Waals surface area contributed by atoms with Crippen LogP contribution in [0.2, 0.25) is 0 Å². The second kappa shape index (κ2) is 6.77. The Morgan fingerprint density at radius 3 is 1.55 bits per heavy atom. The fraction of sp³-hybridized carbons (Fsp3) is 0.294. The van der Waals surface area contributed by atoms with Gasteiger partial charge in [-0.05, 0) is 56.2 Å². The third-order valence-electron chi connectivity index (χ3n) is 3.19. The third-order valence-corrected chi connectivity index (χ3v) is 4.75. The lowest BCUT2D eigenvalue weighted by Crippen LogP contribution is -2.41. The Morgan fingerprint density at radius 1 is 0.864 bits per heavy atom. The van der Waals surface area contributed by atoms with Crippen LogP contribution in [0.3, 0.4) is 0 Å². The molecular weight excluding hydrogens is 304 g/mol. The van der Waals surface area contributed by atoms with Crippen molar-refractivity contribution in [3.63, 3.8) is 0 Å². The van der Waals surface area contributed by atoms with Crippen molar-refractivity contribution in [2.45, 2.75) is 31.6 Å². The van der Waals surface area contributed by atoms with E-state index in [1.807, 2.05) is 20.8 Å². The summed E-state index contributed by atoms with van der Waals surface area (Å²) in [6.07, 6.45) is 0. The van der Waals surface area contributed by atoms with Gasteiger partial charge in [-0.3, -0.25) is 0 Å². The lowest BCUT2D eigenvalue weighted by atomic mass is 10.00. The highest BCUT2D eigenvalue weighted by Crippen LogP contribution is 2.26. The molecule has 0 bridgehead atoms. The summed E-state index contributed by atoms with van der Waals surface area (Å²) in [4.78, 5) is 0. The molecule has 2 rings (SSSR count). The van der Waals surface area contributed by atoms with Crippen LogP contribution in [0.15, 0.2) is 48.5 Å². The number of hydrogen-bond donors (Lipinski definition) is 1. The van der Waals surface area contributed by atoms with E-state index >= 15 is 0 Å². The van der Waals surface area contributed by atoms with Crippen molar-refractivity contribution in [3.05, 3.63) is 71.3 Å². The molecule has 2 aromatic rings. The van der Waals surface area contributed by atoms with Crippen molar-refractivity contribution in [1.29, 1.82) is 0 Å². The number of halogens is 2. The molecule has 1 unspecified atom stereocenters. The first-order valence-corrected chi connectivity index (χ1v) is 8.11. The second-order valence-corrected chi connectivity index (χ2v) is 8.03. The number of nitrogens with one attached hydrogen (secondary N) is 1. The SMILES string of the molecule is CC(C)(C)[S+]([O-])NC(c1ccc(F)cc1)c1ccc(F)cc1. The molecular formula is C17H19F2NOS. The summed E-state index contributed by atoms with van der Waals surface area (Å²) in [7, 11) is 0. The molecule has 0 saturated heterocycles.